The number of likely N-dealkylation sites (N-methyl/N-ethyl adjacent to an activating group) is 1. The molecule has 0 aliphatic carbocycles. The Hall–Kier alpha value is -1.85. The Kier molecular flexibility index (Phi) is 3.43. The first-order valence-corrected chi connectivity index (χ1v) is 4.54. The molecule has 0 aromatic carbocycles. The molecule has 0 saturated carbocycles. The van der Waals surface area contributed by atoms with Gasteiger partial charge in [-0.1, -0.05) is 0 Å². The van der Waals surface area contributed by atoms with Gasteiger partial charge in [0, 0.05) is 26.0 Å². The van der Waals surface area contributed by atoms with Crippen LogP contribution in [-0.4, -0.2) is 33.7 Å². The summed E-state index contributed by atoms with van der Waals surface area (Å²) in [7, 11) is 1.60. The largest absolute Gasteiger partial charge is 0.480 e. The molecule has 0 aliphatic rings. The normalized spacial score (nSPS) is 10.0. The number of hydrogen-bond donors (Lipinski definition) is 1. The van der Waals surface area contributed by atoms with Crippen molar-refractivity contribution in [2.75, 3.05) is 18.0 Å². The average molecular weight is 211 g/mol. The fourth-order valence-electron chi connectivity index (χ4n) is 1.20. The number of anilines is 1. The number of aliphatic carboxylic acids is 1. The number of carbonyl (C=O) groups is 1. The molecule has 0 unspecified atom stereocenters. The fraction of sp³-hybridized carbons (Fsp3) is 0.444. The predicted octanol–water partition coefficient (Wildman–Crippen LogP) is -0.309. The van der Waals surface area contributed by atoms with Gasteiger partial charge in [-0.2, -0.15) is 0 Å². The first kappa shape index (κ1) is 11.2. The molecule has 0 saturated heterocycles. The zero-order chi connectivity index (χ0) is 11.4. The van der Waals surface area contributed by atoms with Crippen LogP contribution in [0.25, 0.3) is 0 Å². The number of aromatic nitrogens is 2. The van der Waals surface area contributed by atoms with E-state index in [9.17, 15) is 9.59 Å². The van der Waals surface area contributed by atoms with Crippen LogP contribution in [0.2, 0.25) is 0 Å². The summed E-state index contributed by atoms with van der Waals surface area (Å²) in [5.74, 6) is -0.811. The molecule has 0 aliphatic heterocycles. The van der Waals surface area contributed by atoms with Crippen LogP contribution in [0.5, 0.6) is 0 Å². The van der Waals surface area contributed by atoms with Crippen molar-refractivity contribution in [2.45, 2.75) is 6.92 Å². The zero-order valence-electron chi connectivity index (χ0n) is 8.67. The average Bonchev–Trinajstić information content (AvgIpc) is 2.19. The van der Waals surface area contributed by atoms with Crippen molar-refractivity contribution in [3.8, 4) is 0 Å². The van der Waals surface area contributed by atoms with Gasteiger partial charge in [0.2, 0.25) is 0 Å². The van der Waals surface area contributed by atoms with Crippen molar-refractivity contribution in [3.05, 3.63) is 22.7 Å². The van der Waals surface area contributed by atoms with Crippen LogP contribution in [-0.2, 0) is 11.8 Å². The highest BCUT2D eigenvalue weighted by atomic mass is 16.4. The molecule has 0 bridgehead atoms. The summed E-state index contributed by atoms with van der Waals surface area (Å²) in [6.45, 7) is 1.98. The second-order valence-corrected chi connectivity index (χ2v) is 3.07. The third-order valence-corrected chi connectivity index (χ3v) is 2.01. The van der Waals surface area contributed by atoms with Gasteiger partial charge in [-0.15, -0.1) is 0 Å². The molecule has 6 nitrogen and oxygen atoms in total. The van der Waals surface area contributed by atoms with E-state index in [2.05, 4.69) is 4.98 Å². The minimum Gasteiger partial charge on any atom is -0.480 e. The first-order valence-electron chi connectivity index (χ1n) is 4.54. The molecule has 1 N–H and O–H groups in total. The Balaban J connectivity index is 3.07. The van der Waals surface area contributed by atoms with E-state index in [1.54, 1.807) is 14.0 Å². The lowest BCUT2D eigenvalue weighted by Crippen LogP contribution is -2.36. The van der Waals surface area contributed by atoms with E-state index in [4.69, 9.17) is 5.11 Å². The third kappa shape index (κ3) is 2.55. The fourth-order valence-corrected chi connectivity index (χ4v) is 1.20. The van der Waals surface area contributed by atoms with E-state index in [0.717, 1.165) is 0 Å². The van der Waals surface area contributed by atoms with Crippen molar-refractivity contribution in [1.29, 1.82) is 0 Å². The molecule has 0 radical (unpaired) electrons. The van der Waals surface area contributed by atoms with Crippen molar-refractivity contribution in [1.82, 2.24) is 9.55 Å². The van der Waals surface area contributed by atoms with Crippen LogP contribution in [0, 0.1) is 0 Å². The van der Waals surface area contributed by atoms with Gasteiger partial charge in [-0.25, -0.2) is 4.98 Å². The minimum atomic E-state index is -0.982. The van der Waals surface area contributed by atoms with Crippen molar-refractivity contribution in [3.63, 3.8) is 0 Å². The van der Waals surface area contributed by atoms with E-state index in [0.29, 0.717) is 6.54 Å². The SMILES string of the molecule is CCN(CC(=O)O)c1nccn(C)c1=O. The van der Waals surface area contributed by atoms with Crippen LogP contribution >= 0.6 is 0 Å². The summed E-state index contributed by atoms with van der Waals surface area (Å²) in [5.41, 5.74) is -0.291. The molecule has 1 rings (SSSR count). The van der Waals surface area contributed by atoms with Crippen molar-refractivity contribution < 1.29 is 9.90 Å². The second kappa shape index (κ2) is 4.59. The Morgan fingerprint density at radius 1 is 1.67 bits per heavy atom. The van der Waals surface area contributed by atoms with Crippen LogP contribution in [0.4, 0.5) is 5.82 Å². The number of nitrogens with zero attached hydrogens (tertiary/aromatic N) is 3. The highest BCUT2D eigenvalue weighted by molar-refractivity contribution is 5.72. The molecule has 15 heavy (non-hydrogen) atoms. The van der Waals surface area contributed by atoms with E-state index in [1.807, 2.05) is 0 Å². The Labute approximate surface area is 86.8 Å². The Morgan fingerprint density at radius 3 is 2.87 bits per heavy atom. The van der Waals surface area contributed by atoms with E-state index in [1.165, 1.54) is 21.9 Å². The highest BCUT2D eigenvalue weighted by Gasteiger charge is 2.13. The van der Waals surface area contributed by atoms with Gasteiger partial charge >= 0.3 is 5.97 Å². The lowest BCUT2D eigenvalue weighted by Gasteiger charge is -2.18. The molecule has 0 atom stereocenters. The number of hydrogen-bond acceptors (Lipinski definition) is 4. The maximum absolute atomic E-state index is 11.6. The minimum absolute atomic E-state index is 0.171. The lowest BCUT2D eigenvalue weighted by molar-refractivity contribution is -0.135. The van der Waals surface area contributed by atoms with E-state index < -0.39 is 5.97 Å². The quantitative estimate of drug-likeness (QED) is 0.739. The van der Waals surface area contributed by atoms with Crippen LogP contribution in [0.3, 0.4) is 0 Å². The Bertz CT molecular complexity index is 413. The monoisotopic (exact) mass is 211 g/mol. The predicted molar refractivity (Wildman–Crippen MR) is 55.0 cm³/mol. The summed E-state index contributed by atoms with van der Waals surface area (Å²) in [6, 6.07) is 0. The molecule has 0 fully saturated rings. The summed E-state index contributed by atoms with van der Waals surface area (Å²) in [4.78, 5) is 27.5. The maximum atomic E-state index is 11.6. The molecular formula is C9H13N3O3. The summed E-state index contributed by atoms with van der Waals surface area (Å²) < 4.78 is 1.37. The van der Waals surface area contributed by atoms with Gasteiger partial charge < -0.3 is 14.6 Å². The van der Waals surface area contributed by atoms with E-state index in [-0.39, 0.29) is 17.9 Å². The number of rotatable bonds is 4. The molecule has 0 amide bonds. The topological polar surface area (TPSA) is 75.4 Å². The van der Waals surface area contributed by atoms with Gasteiger partial charge in [0.15, 0.2) is 5.82 Å². The van der Waals surface area contributed by atoms with Crippen LogP contribution < -0.4 is 10.5 Å². The number of carboxylic acid groups (broad SMARTS) is 1. The maximum Gasteiger partial charge on any atom is 0.323 e. The summed E-state index contributed by atoms with van der Waals surface area (Å²) in [5, 5.41) is 8.66. The van der Waals surface area contributed by atoms with Gasteiger partial charge in [-0.05, 0) is 6.92 Å². The summed E-state index contributed by atoms with van der Waals surface area (Å²) >= 11 is 0. The lowest BCUT2D eigenvalue weighted by atomic mass is 10.4. The number of aryl methyl sites for hydroxylation is 1. The zero-order valence-corrected chi connectivity index (χ0v) is 8.67. The second-order valence-electron chi connectivity index (χ2n) is 3.07. The molecular weight excluding hydrogens is 198 g/mol. The molecule has 6 heteroatoms. The van der Waals surface area contributed by atoms with Gasteiger partial charge in [0.1, 0.15) is 6.54 Å². The van der Waals surface area contributed by atoms with Crippen LogP contribution in [0.15, 0.2) is 17.2 Å². The smallest absolute Gasteiger partial charge is 0.323 e. The van der Waals surface area contributed by atoms with Crippen LogP contribution in [0.1, 0.15) is 6.92 Å². The molecule has 1 heterocycles. The Morgan fingerprint density at radius 2 is 2.33 bits per heavy atom. The highest BCUT2D eigenvalue weighted by Crippen LogP contribution is 2.01. The van der Waals surface area contributed by atoms with Crippen molar-refractivity contribution >= 4 is 11.8 Å². The van der Waals surface area contributed by atoms with E-state index >= 15 is 0 Å². The molecule has 0 spiro atoms. The summed E-state index contributed by atoms with van der Waals surface area (Å²) in [6.07, 6.45) is 3.00. The molecule has 82 valence electrons. The van der Waals surface area contributed by atoms with Gasteiger partial charge in [0.05, 0.1) is 0 Å². The van der Waals surface area contributed by atoms with Gasteiger partial charge in [-0.3, -0.25) is 9.59 Å². The molecule has 1 aromatic rings. The van der Waals surface area contributed by atoms with Crippen molar-refractivity contribution in [2.24, 2.45) is 7.05 Å². The molecule has 1 aromatic heterocycles. The third-order valence-electron chi connectivity index (χ3n) is 2.01. The number of carboxylic acids is 1. The first-order chi connectivity index (χ1) is 7.06. The van der Waals surface area contributed by atoms with Gasteiger partial charge in [0.25, 0.3) is 5.56 Å². The standard InChI is InChI=1S/C9H13N3O3/c1-3-12(6-7(13)14)8-9(15)11(2)5-4-10-8/h4-5H,3,6H2,1-2H3,(H,13,14).